The Morgan fingerprint density at radius 1 is 1.33 bits per heavy atom. The van der Waals surface area contributed by atoms with Gasteiger partial charge < -0.3 is 9.73 Å². The Labute approximate surface area is 125 Å². The van der Waals surface area contributed by atoms with Gasteiger partial charge in [-0.3, -0.25) is 0 Å². The number of nitrogens with one attached hydrogen (secondary N) is 1. The quantitative estimate of drug-likeness (QED) is 0.750. The van der Waals surface area contributed by atoms with E-state index in [0.29, 0.717) is 12.0 Å². The molecule has 2 unspecified atom stereocenters. The van der Waals surface area contributed by atoms with Crippen molar-refractivity contribution in [1.29, 1.82) is 0 Å². The van der Waals surface area contributed by atoms with Crippen LogP contribution in [0.2, 0.25) is 0 Å². The maximum atomic E-state index is 5.48. The smallest absolute Gasteiger partial charge is 0.135 e. The Bertz CT molecular complexity index is 692. The lowest BCUT2D eigenvalue weighted by Gasteiger charge is -2.29. The molecule has 0 radical (unpaired) electrons. The number of anilines is 1. The standard InChI is InChI=1S/C19H21NO/c1-3-4-7-17-14(2)6-5-8-18(17)20-16-10-9-15-11-12-21-19(15)13-16/h3,5-6,8-13,17-18,20H,1,4,7H2,2H3. The minimum Gasteiger partial charge on any atom is -0.464 e. The second kappa shape index (κ2) is 6.04. The average molecular weight is 279 g/mol. The van der Waals surface area contributed by atoms with E-state index in [4.69, 9.17) is 4.42 Å². The molecule has 1 heterocycles. The molecule has 1 N–H and O–H groups in total. The summed E-state index contributed by atoms with van der Waals surface area (Å²) in [6, 6.07) is 8.59. The number of benzene rings is 1. The van der Waals surface area contributed by atoms with Crippen molar-refractivity contribution in [3.05, 3.63) is 67.0 Å². The van der Waals surface area contributed by atoms with E-state index in [-0.39, 0.29) is 0 Å². The summed E-state index contributed by atoms with van der Waals surface area (Å²) in [5, 5.41) is 4.77. The highest BCUT2D eigenvalue weighted by atomic mass is 16.3. The molecule has 0 aliphatic heterocycles. The number of furan rings is 1. The average Bonchev–Trinajstić information content (AvgIpc) is 2.94. The summed E-state index contributed by atoms with van der Waals surface area (Å²) in [7, 11) is 0. The van der Waals surface area contributed by atoms with Gasteiger partial charge in [-0.1, -0.05) is 29.9 Å². The van der Waals surface area contributed by atoms with Crippen LogP contribution in [-0.2, 0) is 0 Å². The summed E-state index contributed by atoms with van der Waals surface area (Å²) in [5.74, 6) is 0.514. The summed E-state index contributed by atoms with van der Waals surface area (Å²) in [5.41, 5.74) is 3.45. The largest absolute Gasteiger partial charge is 0.464 e. The van der Waals surface area contributed by atoms with Gasteiger partial charge in [-0.25, -0.2) is 0 Å². The van der Waals surface area contributed by atoms with Gasteiger partial charge in [0.25, 0.3) is 0 Å². The van der Waals surface area contributed by atoms with Crippen molar-refractivity contribution < 1.29 is 4.42 Å². The van der Waals surface area contributed by atoms with E-state index in [1.165, 1.54) is 5.57 Å². The zero-order chi connectivity index (χ0) is 14.7. The highest BCUT2D eigenvalue weighted by Gasteiger charge is 2.22. The Hall–Kier alpha value is -2.22. The molecule has 0 fully saturated rings. The van der Waals surface area contributed by atoms with E-state index in [1.807, 2.05) is 12.1 Å². The minimum absolute atomic E-state index is 0.322. The molecule has 2 atom stereocenters. The first-order chi connectivity index (χ1) is 10.3. The fourth-order valence-corrected chi connectivity index (χ4v) is 2.96. The topological polar surface area (TPSA) is 25.2 Å². The fourth-order valence-electron chi connectivity index (χ4n) is 2.96. The molecule has 2 heteroatoms. The molecule has 2 nitrogen and oxygen atoms in total. The van der Waals surface area contributed by atoms with Crippen LogP contribution in [0.3, 0.4) is 0 Å². The van der Waals surface area contributed by atoms with E-state index in [1.54, 1.807) is 6.26 Å². The van der Waals surface area contributed by atoms with Crippen molar-refractivity contribution in [3.63, 3.8) is 0 Å². The van der Waals surface area contributed by atoms with E-state index < -0.39 is 0 Å². The molecule has 108 valence electrons. The number of allylic oxidation sites excluding steroid dienone is 3. The van der Waals surface area contributed by atoms with Gasteiger partial charge in [0.15, 0.2) is 0 Å². The van der Waals surface area contributed by atoms with Crippen molar-refractivity contribution in [1.82, 2.24) is 0 Å². The SMILES string of the molecule is C=CCCC1C(C)=CC=CC1Nc1ccc2ccoc2c1. The van der Waals surface area contributed by atoms with Crippen LogP contribution in [0.25, 0.3) is 11.0 Å². The number of rotatable bonds is 5. The Kier molecular flexibility index (Phi) is 3.96. The molecule has 1 aromatic carbocycles. The molecule has 3 rings (SSSR count). The van der Waals surface area contributed by atoms with E-state index >= 15 is 0 Å². The zero-order valence-electron chi connectivity index (χ0n) is 12.4. The van der Waals surface area contributed by atoms with Crippen molar-refractivity contribution >= 4 is 16.7 Å². The molecule has 2 aromatic rings. The lowest BCUT2D eigenvalue weighted by Crippen LogP contribution is -2.29. The van der Waals surface area contributed by atoms with Crippen LogP contribution in [0.1, 0.15) is 19.8 Å². The lowest BCUT2D eigenvalue weighted by molar-refractivity contribution is 0.526. The minimum atomic E-state index is 0.322. The molecule has 0 amide bonds. The summed E-state index contributed by atoms with van der Waals surface area (Å²) in [4.78, 5) is 0. The van der Waals surface area contributed by atoms with Crippen molar-refractivity contribution in [3.8, 4) is 0 Å². The van der Waals surface area contributed by atoms with Gasteiger partial charge >= 0.3 is 0 Å². The first kappa shape index (κ1) is 13.7. The lowest BCUT2D eigenvalue weighted by atomic mass is 9.84. The zero-order valence-corrected chi connectivity index (χ0v) is 12.4. The van der Waals surface area contributed by atoms with Crippen molar-refractivity contribution in [2.24, 2.45) is 5.92 Å². The summed E-state index contributed by atoms with van der Waals surface area (Å²) in [6.45, 7) is 6.05. The molecular weight excluding hydrogens is 258 g/mol. The van der Waals surface area contributed by atoms with Crippen molar-refractivity contribution in [2.45, 2.75) is 25.8 Å². The van der Waals surface area contributed by atoms with Crippen LogP contribution in [0.4, 0.5) is 5.69 Å². The van der Waals surface area contributed by atoms with E-state index in [0.717, 1.165) is 29.5 Å². The van der Waals surface area contributed by atoms with Gasteiger partial charge in [0.1, 0.15) is 5.58 Å². The maximum absolute atomic E-state index is 5.48. The molecule has 1 aliphatic carbocycles. The van der Waals surface area contributed by atoms with Gasteiger partial charge in [0.05, 0.1) is 12.3 Å². The van der Waals surface area contributed by atoms with Gasteiger partial charge in [-0.05, 0) is 38.0 Å². The van der Waals surface area contributed by atoms with Crippen LogP contribution in [-0.4, -0.2) is 6.04 Å². The third-order valence-electron chi connectivity index (χ3n) is 4.17. The van der Waals surface area contributed by atoms with Crippen LogP contribution < -0.4 is 5.32 Å². The number of fused-ring (bicyclic) bond motifs is 1. The van der Waals surface area contributed by atoms with Gasteiger partial charge in [0.2, 0.25) is 0 Å². The second-order valence-electron chi connectivity index (χ2n) is 5.61. The molecule has 0 saturated carbocycles. The first-order valence-corrected chi connectivity index (χ1v) is 7.47. The number of hydrogen-bond acceptors (Lipinski definition) is 2. The Morgan fingerprint density at radius 3 is 3.10 bits per heavy atom. The predicted molar refractivity (Wildman–Crippen MR) is 89.4 cm³/mol. The van der Waals surface area contributed by atoms with Gasteiger partial charge in [-0.15, -0.1) is 6.58 Å². The van der Waals surface area contributed by atoms with E-state index in [9.17, 15) is 0 Å². The Balaban J connectivity index is 1.79. The van der Waals surface area contributed by atoms with Crippen LogP contribution in [0, 0.1) is 5.92 Å². The monoisotopic (exact) mass is 279 g/mol. The third kappa shape index (κ3) is 2.94. The van der Waals surface area contributed by atoms with E-state index in [2.05, 4.69) is 55.2 Å². The highest BCUT2D eigenvalue weighted by molar-refractivity contribution is 5.80. The van der Waals surface area contributed by atoms with Gasteiger partial charge in [0, 0.05) is 23.1 Å². The normalized spacial score (nSPS) is 21.3. The van der Waals surface area contributed by atoms with Crippen LogP contribution in [0.5, 0.6) is 0 Å². The summed E-state index contributed by atoms with van der Waals surface area (Å²) < 4.78 is 5.48. The Morgan fingerprint density at radius 2 is 2.24 bits per heavy atom. The molecule has 21 heavy (non-hydrogen) atoms. The predicted octanol–water partition coefficient (Wildman–Crippen LogP) is 5.31. The molecular formula is C19H21NO. The molecule has 1 aromatic heterocycles. The summed E-state index contributed by atoms with van der Waals surface area (Å²) in [6.07, 6.45) is 12.5. The molecule has 1 aliphatic rings. The molecule has 0 spiro atoms. The first-order valence-electron chi connectivity index (χ1n) is 7.47. The molecule has 0 bridgehead atoms. The highest BCUT2D eigenvalue weighted by Crippen LogP contribution is 2.29. The van der Waals surface area contributed by atoms with Crippen LogP contribution in [0.15, 0.2) is 71.4 Å². The van der Waals surface area contributed by atoms with Gasteiger partial charge in [-0.2, -0.15) is 0 Å². The second-order valence-corrected chi connectivity index (χ2v) is 5.61. The van der Waals surface area contributed by atoms with Crippen molar-refractivity contribution in [2.75, 3.05) is 5.32 Å². The fraction of sp³-hybridized carbons (Fsp3) is 0.263. The molecule has 0 saturated heterocycles. The third-order valence-corrected chi connectivity index (χ3v) is 4.17. The van der Waals surface area contributed by atoms with Crippen LogP contribution >= 0.6 is 0 Å². The maximum Gasteiger partial charge on any atom is 0.135 e. The summed E-state index contributed by atoms with van der Waals surface area (Å²) >= 11 is 0. The number of hydrogen-bond donors (Lipinski definition) is 1.